The van der Waals surface area contributed by atoms with Gasteiger partial charge in [-0.1, -0.05) is 19.9 Å². The maximum Gasteiger partial charge on any atom is 0.182 e. The Morgan fingerprint density at radius 1 is 1.22 bits per heavy atom. The van der Waals surface area contributed by atoms with Crippen LogP contribution in [-0.4, -0.2) is 23.6 Å². The lowest BCUT2D eigenvalue weighted by Crippen LogP contribution is -2.41. The minimum Gasteiger partial charge on any atom is -0.367 e. The first-order valence-electron chi connectivity index (χ1n) is 6.10. The zero-order chi connectivity index (χ0) is 13.3. The molecule has 2 unspecified atom stereocenters. The number of nitrogens with two attached hydrogens (primary N) is 1. The van der Waals surface area contributed by atoms with Gasteiger partial charge >= 0.3 is 0 Å². The van der Waals surface area contributed by atoms with Crippen molar-refractivity contribution in [3.63, 3.8) is 0 Å². The zero-order valence-corrected chi connectivity index (χ0v) is 11.4. The second-order valence-corrected chi connectivity index (χ2v) is 6.62. The molecular formula is C13H18F2N2S. The smallest absolute Gasteiger partial charge is 0.182 e. The van der Waals surface area contributed by atoms with Crippen molar-refractivity contribution in [3.05, 3.63) is 29.3 Å². The summed E-state index contributed by atoms with van der Waals surface area (Å²) in [5.41, 5.74) is 5.94. The molecule has 2 rings (SSSR count). The lowest BCUT2D eigenvalue weighted by molar-refractivity contribution is 0.496. The van der Waals surface area contributed by atoms with Crippen LogP contribution < -0.4 is 10.6 Å². The summed E-state index contributed by atoms with van der Waals surface area (Å²) in [5.74, 6) is -1.59. The number of halogens is 2. The van der Waals surface area contributed by atoms with Crippen molar-refractivity contribution >= 4 is 17.4 Å². The molecule has 1 saturated heterocycles. The van der Waals surface area contributed by atoms with Crippen molar-refractivity contribution in [2.75, 3.05) is 18.0 Å². The van der Waals surface area contributed by atoms with E-state index >= 15 is 0 Å². The Morgan fingerprint density at radius 3 is 2.39 bits per heavy atom. The van der Waals surface area contributed by atoms with Gasteiger partial charge in [-0.3, -0.25) is 0 Å². The molecule has 1 aromatic carbocycles. The van der Waals surface area contributed by atoms with Crippen molar-refractivity contribution in [2.24, 2.45) is 5.73 Å². The highest BCUT2D eigenvalue weighted by molar-refractivity contribution is 8.00. The van der Waals surface area contributed by atoms with Crippen LogP contribution in [0.3, 0.4) is 0 Å². The van der Waals surface area contributed by atoms with E-state index < -0.39 is 11.6 Å². The van der Waals surface area contributed by atoms with E-state index in [2.05, 4.69) is 13.8 Å². The number of thioether (sulfide) groups is 1. The maximum atomic E-state index is 14.0. The maximum absolute atomic E-state index is 14.0. The van der Waals surface area contributed by atoms with Crippen LogP contribution in [0.4, 0.5) is 14.5 Å². The normalized spacial score (nSPS) is 24.4. The third-order valence-electron chi connectivity index (χ3n) is 3.12. The number of anilines is 1. The fourth-order valence-electron chi connectivity index (χ4n) is 2.36. The molecule has 1 heterocycles. The van der Waals surface area contributed by atoms with Gasteiger partial charge in [-0.05, 0) is 6.07 Å². The van der Waals surface area contributed by atoms with E-state index in [-0.39, 0.29) is 12.1 Å². The quantitative estimate of drug-likeness (QED) is 0.897. The second kappa shape index (κ2) is 5.45. The van der Waals surface area contributed by atoms with Gasteiger partial charge in [0.1, 0.15) is 0 Å². The monoisotopic (exact) mass is 272 g/mol. The summed E-state index contributed by atoms with van der Waals surface area (Å²) < 4.78 is 27.7. The van der Waals surface area contributed by atoms with Crippen LogP contribution in [0.1, 0.15) is 19.4 Å². The van der Waals surface area contributed by atoms with Crippen molar-refractivity contribution in [3.8, 4) is 0 Å². The molecule has 5 heteroatoms. The molecule has 2 atom stereocenters. The Morgan fingerprint density at radius 2 is 1.83 bits per heavy atom. The number of hydrogen-bond donors (Lipinski definition) is 1. The summed E-state index contributed by atoms with van der Waals surface area (Å²) in [7, 11) is 0. The molecule has 0 aromatic heterocycles. The number of benzene rings is 1. The molecule has 0 bridgehead atoms. The van der Waals surface area contributed by atoms with Gasteiger partial charge in [-0.25, -0.2) is 8.78 Å². The fraction of sp³-hybridized carbons (Fsp3) is 0.538. The Bertz CT molecular complexity index is 429. The predicted molar refractivity (Wildman–Crippen MR) is 73.0 cm³/mol. The average molecular weight is 272 g/mol. The first-order valence-corrected chi connectivity index (χ1v) is 7.04. The van der Waals surface area contributed by atoms with Crippen LogP contribution in [0.15, 0.2) is 12.1 Å². The molecule has 1 fully saturated rings. The lowest BCUT2D eigenvalue weighted by atomic mass is 10.1. The molecule has 100 valence electrons. The summed E-state index contributed by atoms with van der Waals surface area (Å²) in [4.78, 5) is 1.92. The summed E-state index contributed by atoms with van der Waals surface area (Å²) in [6.07, 6.45) is 0. The van der Waals surface area contributed by atoms with Crippen molar-refractivity contribution in [1.82, 2.24) is 0 Å². The minimum atomic E-state index is -0.812. The third kappa shape index (κ3) is 2.62. The topological polar surface area (TPSA) is 29.3 Å². The van der Waals surface area contributed by atoms with Gasteiger partial charge in [0.25, 0.3) is 0 Å². The Balaban J connectivity index is 2.30. The summed E-state index contributed by atoms with van der Waals surface area (Å²) in [6.45, 7) is 5.72. The summed E-state index contributed by atoms with van der Waals surface area (Å²) in [5, 5.41) is 0.843. The first-order chi connectivity index (χ1) is 8.52. The van der Waals surface area contributed by atoms with Gasteiger partial charge in [0.05, 0.1) is 5.69 Å². The van der Waals surface area contributed by atoms with Crippen LogP contribution >= 0.6 is 11.8 Å². The van der Waals surface area contributed by atoms with E-state index in [1.807, 2.05) is 16.7 Å². The van der Waals surface area contributed by atoms with Gasteiger partial charge in [-0.2, -0.15) is 11.8 Å². The third-order valence-corrected chi connectivity index (χ3v) is 4.35. The highest BCUT2D eigenvalue weighted by atomic mass is 32.2. The van der Waals surface area contributed by atoms with E-state index in [1.165, 1.54) is 0 Å². The largest absolute Gasteiger partial charge is 0.367 e. The molecule has 0 radical (unpaired) electrons. The van der Waals surface area contributed by atoms with E-state index in [1.54, 1.807) is 12.1 Å². The van der Waals surface area contributed by atoms with Crippen LogP contribution in [0.2, 0.25) is 0 Å². The molecule has 0 spiro atoms. The molecular weight excluding hydrogens is 254 g/mol. The van der Waals surface area contributed by atoms with Gasteiger partial charge in [0.2, 0.25) is 0 Å². The molecule has 1 aromatic rings. The first kappa shape index (κ1) is 13.6. The van der Waals surface area contributed by atoms with E-state index in [0.29, 0.717) is 16.2 Å². The molecule has 18 heavy (non-hydrogen) atoms. The Kier molecular flexibility index (Phi) is 4.12. The lowest BCUT2D eigenvalue weighted by Gasteiger charge is -2.36. The molecule has 0 saturated carbocycles. The number of rotatable bonds is 2. The SMILES string of the molecule is CC1CN(c2ccc(CN)c(F)c2F)CC(C)S1. The molecule has 0 aliphatic carbocycles. The van der Waals surface area contributed by atoms with Crippen molar-refractivity contribution in [1.29, 1.82) is 0 Å². The van der Waals surface area contributed by atoms with Gasteiger partial charge in [0.15, 0.2) is 11.6 Å². The Hall–Kier alpha value is -0.810. The predicted octanol–water partition coefficient (Wildman–Crippen LogP) is 2.75. The molecule has 0 amide bonds. The van der Waals surface area contributed by atoms with Crippen LogP contribution in [0.25, 0.3) is 0 Å². The van der Waals surface area contributed by atoms with E-state index in [0.717, 1.165) is 13.1 Å². The molecule has 2 nitrogen and oxygen atoms in total. The second-order valence-electron chi connectivity index (χ2n) is 4.74. The van der Waals surface area contributed by atoms with Crippen LogP contribution in [0.5, 0.6) is 0 Å². The minimum absolute atomic E-state index is 0.0195. The Labute approximate surface area is 111 Å². The summed E-state index contributed by atoms with van der Waals surface area (Å²) in [6, 6.07) is 3.21. The van der Waals surface area contributed by atoms with Crippen molar-refractivity contribution < 1.29 is 8.78 Å². The van der Waals surface area contributed by atoms with Crippen LogP contribution in [0, 0.1) is 11.6 Å². The molecule has 1 aliphatic rings. The average Bonchev–Trinajstić information content (AvgIpc) is 2.31. The van der Waals surface area contributed by atoms with Crippen molar-refractivity contribution in [2.45, 2.75) is 30.9 Å². The standard InChI is InChI=1S/C13H18F2N2S/c1-8-6-17(7-9(2)18-8)11-4-3-10(5-16)12(14)13(11)15/h3-4,8-9H,5-7,16H2,1-2H3. The highest BCUT2D eigenvalue weighted by Gasteiger charge is 2.25. The number of nitrogens with zero attached hydrogens (tertiary/aromatic N) is 1. The molecule has 2 N–H and O–H groups in total. The summed E-state index contributed by atoms with van der Waals surface area (Å²) >= 11 is 1.88. The zero-order valence-electron chi connectivity index (χ0n) is 10.6. The highest BCUT2D eigenvalue weighted by Crippen LogP contribution is 2.31. The van der Waals surface area contributed by atoms with Gasteiger partial charge in [-0.15, -0.1) is 0 Å². The fourth-order valence-corrected chi connectivity index (χ4v) is 3.68. The van der Waals surface area contributed by atoms with E-state index in [4.69, 9.17) is 5.73 Å². The van der Waals surface area contributed by atoms with E-state index in [9.17, 15) is 8.78 Å². The van der Waals surface area contributed by atoms with Gasteiger partial charge < -0.3 is 10.6 Å². The number of hydrogen-bond acceptors (Lipinski definition) is 3. The van der Waals surface area contributed by atoms with Gasteiger partial charge in [0, 0.05) is 35.7 Å². The van der Waals surface area contributed by atoms with Crippen LogP contribution in [-0.2, 0) is 6.54 Å². The molecule has 1 aliphatic heterocycles.